The largest absolute Gasteiger partial charge is 0.482 e. The second-order valence-electron chi connectivity index (χ2n) is 15.8. The van der Waals surface area contributed by atoms with E-state index in [-0.39, 0.29) is 30.9 Å². The van der Waals surface area contributed by atoms with Gasteiger partial charge in [-0.05, 0) is 115 Å². The third kappa shape index (κ3) is 8.31. The van der Waals surface area contributed by atoms with Gasteiger partial charge in [-0.1, -0.05) is 84.6 Å². The van der Waals surface area contributed by atoms with Crippen molar-refractivity contribution in [3.63, 3.8) is 0 Å². The Kier molecular flexibility index (Phi) is 10.9. The minimum absolute atomic E-state index is 0.0948. The molecule has 0 fully saturated rings. The molecule has 1 aromatic heterocycles. The molecule has 8 heteroatoms. The number of hydrogen-bond acceptors (Lipinski definition) is 8. The van der Waals surface area contributed by atoms with Crippen LogP contribution in [0.2, 0.25) is 0 Å². The van der Waals surface area contributed by atoms with Gasteiger partial charge in [0.2, 0.25) is 0 Å². The first-order valence-corrected chi connectivity index (χ1v) is 19.8. The number of rotatable bonds is 6. The summed E-state index contributed by atoms with van der Waals surface area (Å²) in [7, 11) is 0. The van der Waals surface area contributed by atoms with E-state index in [1.54, 1.807) is 32.0 Å². The van der Waals surface area contributed by atoms with Crippen LogP contribution in [0.5, 0.6) is 5.75 Å². The van der Waals surface area contributed by atoms with E-state index >= 15 is 0 Å². The summed E-state index contributed by atoms with van der Waals surface area (Å²) in [6.07, 6.45) is 2.21. The number of aliphatic hydroxyl groups excluding tert-OH is 1. The minimum Gasteiger partial charge on any atom is -0.482 e. The molecule has 5 aromatic rings. The Labute approximate surface area is 332 Å². The maximum atomic E-state index is 14.5. The highest BCUT2D eigenvalue weighted by atomic mass is 16.6. The highest BCUT2D eigenvalue weighted by Gasteiger charge is 2.53. The molecule has 0 spiro atoms. The van der Waals surface area contributed by atoms with Crippen LogP contribution < -0.4 is 10.4 Å². The molecule has 3 aliphatic rings. The molecule has 3 aliphatic heterocycles. The Morgan fingerprint density at radius 1 is 0.825 bits per heavy atom. The lowest BCUT2D eigenvalue weighted by molar-refractivity contribution is -0.190. The van der Waals surface area contributed by atoms with Gasteiger partial charge < -0.3 is 23.7 Å². The fourth-order valence-electron chi connectivity index (χ4n) is 8.46. The molecule has 4 aromatic carbocycles. The maximum absolute atomic E-state index is 14.5. The van der Waals surface area contributed by atoms with Crippen molar-refractivity contribution >= 4 is 22.9 Å². The Morgan fingerprint density at radius 3 is 2.47 bits per heavy atom. The van der Waals surface area contributed by atoms with Gasteiger partial charge in [-0.15, -0.1) is 0 Å². The Bertz CT molecular complexity index is 2480. The molecule has 290 valence electrons. The third-order valence-electron chi connectivity index (χ3n) is 11.6. The molecule has 0 saturated carbocycles. The van der Waals surface area contributed by atoms with Crippen molar-refractivity contribution in [1.82, 2.24) is 0 Å². The van der Waals surface area contributed by atoms with Gasteiger partial charge in [-0.3, -0.25) is 4.79 Å². The van der Waals surface area contributed by atoms with Crippen molar-refractivity contribution in [2.24, 2.45) is 5.92 Å². The first kappa shape index (κ1) is 38.0. The fraction of sp³-hybridized carbons (Fsp3) is 0.327. The molecule has 4 heterocycles. The summed E-state index contributed by atoms with van der Waals surface area (Å²) in [5.74, 6) is 5.85. The number of ether oxygens (including phenoxy) is 3. The summed E-state index contributed by atoms with van der Waals surface area (Å²) < 4.78 is 25.4. The van der Waals surface area contributed by atoms with Crippen LogP contribution in [0.1, 0.15) is 84.6 Å². The van der Waals surface area contributed by atoms with Crippen molar-refractivity contribution < 1.29 is 33.3 Å². The molecule has 4 atom stereocenters. The molecule has 5 bridgehead atoms. The topological polar surface area (TPSA) is 112 Å². The van der Waals surface area contributed by atoms with E-state index in [0.29, 0.717) is 53.5 Å². The number of aliphatic hydroxyl groups is 1. The zero-order valence-electron chi connectivity index (χ0n) is 32.3. The summed E-state index contributed by atoms with van der Waals surface area (Å²) in [5.41, 5.74) is 6.42. The predicted molar refractivity (Wildman–Crippen MR) is 217 cm³/mol. The van der Waals surface area contributed by atoms with E-state index in [0.717, 1.165) is 36.0 Å². The summed E-state index contributed by atoms with van der Waals surface area (Å²) in [6.45, 7) is 3.19. The molecule has 8 rings (SSSR count). The van der Waals surface area contributed by atoms with Crippen molar-refractivity contribution in [1.29, 1.82) is 0 Å². The zero-order chi connectivity index (χ0) is 39.5. The number of esters is 2. The summed E-state index contributed by atoms with van der Waals surface area (Å²) in [4.78, 5) is 41.4. The van der Waals surface area contributed by atoms with Crippen molar-refractivity contribution in [2.75, 3.05) is 6.61 Å². The standard InChI is InChI=1S/C49H46O8/c1-31(30-50)40-21-17-34-16-18-39-28-36(15-14-33-11-8-12-35(26-33)25-32-9-4-3-5-10-32)29-43(52)55-46-44-41(22-19-37-20-23-42(51)54-45(37)44)57-49(2,47(46)56-48(40)53)24-7-6-13-38(39)27-34/h3-5,8-12,16,18-20,22-23,26-27,36,46-47,50H,13-15,17,21,24-25,28-30H2,1-2H3/t36-,46+,47-,49-/m0/s1. The number of carbonyl (C=O) groups is 2. The Morgan fingerprint density at radius 2 is 1.63 bits per heavy atom. The van der Waals surface area contributed by atoms with Gasteiger partial charge in [-0.2, -0.15) is 0 Å². The van der Waals surface area contributed by atoms with Gasteiger partial charge in [0.1, 0.15) is 11.3 Å². The molecule has 1 N–H and O–H groups in total. The van der Waals surface area contributed by atoms with E-state index in [9.17, 15) is 19.5 Å². The molecule has 8 nitrogen and oxygen atoms in total. The third-order valence-corrected chi connectivity index (χ3v) is 11.6. The zero-order valence-corrected chi connectivity index (χ0v) is 32.3. The van der Waals surface area contributed by atoms with Crippen LogP contribution in [0.15, 0.2) is 117 Å². The number of carbonyl (C=O) groups excluding carboxylic acids is 2. The molecular weight excluding hydrogens is 717 g/mol. The fourth-order valence-corrected chi connectivity index (χ4v) is 8.46. The van der Waals surface area contributed by atoms with E-state index < -0.39 is 35.4 Å². The normalized spacial score (nSPS) is 22.8. The van der Waals surface area contributed by atoms with Crippen molar-refractivity contribution in [2.45, 2.75) is 89.4 Å². The average Bonchev–Trinajstić information content (AvgIpc) is 3.20. The van der Waals surface area contributed by atoms with Crippen molar-refractivity contribution in [3.8, 4) is 17.6 Å². The lowest BCUT2D eigenvalue weighted by atomic mass is 9.83. The minimum atomic E-state index is -1.27. The van der Waals surface area contributed by atoms with Crippen molar-refractivity contribution in [3.05, 3.63) is 158 Å². The van der Waals surface area contributed by atoms with E-state index in [1.807, 2.05) is 6.07 Å². The number of benzene rings is 4. The maximum Gasteiger partial charge on any atom is 0.336 e. The summed E-state index contributed by atoms with van der Waals surface area (Å²) in [5, 5.41) is 10.8. The van der Waals surface area contributed by atoms with Crippen LogP contribution in [0.25, 0.3) is 11.0 Å². The summed E-state index contributed by atoms with van der Waals surface area (Å²) >= 11 is 0. The van der Waals surface area contributed by atoms with Crippen LogP contribution in [0.4, 0.5) is 0 Å². The van der Waals surface area contributed by atoms with Crippen LogP contribution in [0.3, 0.4) is 0 Å². The Hall–Kier alpha value is -5.91. The van der Waals surface area contributed by atoms with E-state index in [4.69, 9.17) is 18.6 Å². The van der Waals surface area contributed by atoms with Crippen LogP contribution in [-0.2, 0) is 51.2 Å². The lowest BCUT2D eigenvalue weighted by Gasteiger charge is -2.44. The monoisotopic (exact) mass is 762 g/mol. The molecular formula is C49H46O8. The molecule has 0 saturated heterocycles. The van der Waals surface area contributed by atoms with Gasteiger partial charge >= 0.3 is 17.6 Å². The Balaban J connectivity index is 1.22. The second kappa shape index (κ2) is 16.3. The van der Waals surface area contributed by atoms with E-state index in [2.05, 4.69) is 78.6 Å². The predicted octanol–water partition coefficient (Wildman–Crippen LogP) is 8.12. The number of aryl methyl sites for hydroxylation is 2. The highest BCUT2D eigenvalue weighted by Crippen LogP contribution is 2.48. The smallest absolute Gasteiger partial charge is 0.336 e. The van der Waals surface area contributed by atoms with Crippen LogP contribution in [0, 0.1) is 17.8 Å². The SMILES string of the molecule is CC(CO)=C1CCc2ccc3c(c2)CC#CC[C@]2(C)Oc4ccc5ccc(=O)oc5c4[C@@H](OC(=O)C[C@@H](CCc4cccc(Cc5ccccc5)c4)C3)[C@@H]2OC1=O. The average molecular weight is 763 g/mol. The van der Waals surface area contributed by atoms with Gasteiger partial charge in [0, 0.05) is 29.9 Å². The number of hydrogen-bond donors (Lipinski definition) is 1. The molecule has 0 radical (unpaired) electrons. The van der Waals surface area contributed by atoms with Crippen LogP contribution >= 0.6 is 0 Å². The van der Waals surface area contributed by atoms with Gasteiger partial charge in [0.05, 0.1) is 18.6 Å². The first-order chi connectivity index (χ1) is 27.7. The number of fused-ring (bicyclic) bond motifs is 7. The quantitative estimate of drug-likeness (QED) is 0.0800. The second-order valence-corrected chi connectivity index (χ2v) is 15.8. The van der Waals surface area contributed by atoms with Gasteiger partial charge in [0.15, 0.2) is 17.8 Å². The summed E-state index contributed by atoms with van der Waals surface area (Å²) in [6, 6.07) is 31.9. The first-order valence-electron chi connectivity index (χ1n) is 19.8. The highest BCUT2D eigenvalue weighted by molar-refractivity contribution is 5.90. The molecule has 0 unspecified atom stereocenters. The molecule has 57 heavy (non-hydrogen) atoms. The van der Waals surface area contributed by atoms with E-state index in [1.165, 1.54) is 22.8 Å². The molecule has 0 amide bonds. The lowest BCUT2D eigenvalue weighted by Crippen LogP contribution is -2.54. The van der Waals surface area contributed by atoms with Gasteiger partial charge in [-0.25, -0.2) is 9.59 Å². The molecule has 0 aliphatic carbocycles. The van der Waals surface area contributed by atoms with Gasteiger partial charge in [0.25, 0.3) is 0 Å². The van der Waals surface area contributed by atoms with Crippen LogP contribution in [-0.4, -0.2) is 35.4 Å².